The van der Waals surface area contributed by atoms with Gasteiger partial charge in [-0.25, -0.2) is 4.57 Å². The van der Waals surface area contributed by atoms with E-state index in [-0.39, 0.29) is 34.3 Å². The monoisotopic (exact) mass is 427 g/mol. The van der Waals surface area contributed by atoms with Gasteiger partial charge >= 0.3 is 136 Å². The molecule has 0 aromatic carbocycles. The second kappa shape index (κ2) is 22.7. The Labute approximate surface area is 180 Å². The van der Waals surface area contributed by atoms with Gasteiger partial charge in [0.25, 0.3) is 0 Å². The molecule has 4 N–H and O–H groups in total. The normalized spacial score (nSPS) is 12.1. The Balaban J connectivity index is -0.000000639. The zero-order valence-corrected chi connectivity index (χ0v) is 18.7. The Morgan fingerprint density at radius 2 is 1.00 bits per heavy atom. The number of hydrogen-bond donors (Lipinski definition) is 4. The summed E-state index contributed by atoms with van der Waals surface area (Å²) in [7, 11) is -4.64. The van der Waals surface area contributed by atoms with Crippen LogP contribution in [0.25, 0.3) is 0 Å². The minimum absolute atomic E-state index is 0. The first-order valence-corrected chi connectivity index (χ1v) is 12.3. The fraction of sp³-hybridized carbons (Fsp3) is 1.00. The molecule has 0 saturated carbocycles. The quantitative estimate of drug-likeness (QED) is 0.192. The molecule has 8 heteroatoms. The molecule has 1 atom stereocenters. The van der Waals surface area contributed by atoms with Crippen molar-refractivity contribution in [1.82, 2.24) is 0 Å². The molecule has 0 fully saturated rings. The number of aliphatic hydroxyl groups excluding tert-OH is 1. The Hall–Kier alpha value is 1.69. The third kappa shape index (κ3) is 43.8. The van der Waals surface area contributed by atoms with Crippen molar-refractivity contribution in [2.45, 2.75) is 102 Å². The summed E-state index contributed by atoms with van der Waals surface area (Å²) < 4.78 is 8.91. The number of aliphatic hydroxyl groups is 1. The summed E-state index contributed by atoms with van der Waals surface area (Å²) >= 11 is 1.04. The predicted molar refractivity (Wildman–Crippen MR) is 97.7 cm³/mol. The molecule has 0 rings (SSSR count). The molecule has 0 aromatic rings. The van der Waals surface area contributed by atoms with Crippen LogP contribution in [0.4, 0.5) is 0 Å². The summed E-state index contributed by atoms with van der Waals surface area (Å²) in [6, 6.07) is 0. The van der Waals surface area contributed by atoms with Crippen molar-refractivity contribution >= 4 is 37.4 Å². The number of unbranched alkanes of at least 4 members (excludes halogenated alkanes) is 12. The summed E-state index contributed by atoms with van der Waals surface area (Å²) in [4.78, 5) is 21.6. The first-order chi connectivity index (χ1) is 10.8. The predicted octanol–water partition coefficient (Wildman–Crippen LogP) is 3.76. The van der Waals surface area contributed by atoms with Gasteiger partial charge in [0.15, 0.2) is 0 Å². The van der Waals surface area contributed by atoms with Crippen molar-refractivity contribution in [3.05, 3.63) is 0 Å². The van der Waals surface area contributed by atoms with Crippen molar-refractivity contribution < 1.29 is 42.7 Å². The van der Waals surface area contributed by atoms with E-state index in [1.165, 1.54) is 83.5 Å². The van der Waals surface area contributed by atoms with Gasteiger partial charge in [0.05, 0.1) is 0 Å². The van der Waals surface area contributed by atoms with E-state index in [0.717, 1.165) is 24.7 Å². The molecular formula is C16H37NaO5PZn. The first kappa shape index (κ1) is 30.4. The van der Waals surface area contributed by atoms with Gasteiger partial charge in [-0.2, -0.15) is 0 Å². The van der Waals surface area contributed by atoms with E-state index in [9.17, 15) is 5.11 Å². The van der Waals surface area contributed by atoms with Crippen LogP contribution < -0.4 is 0 Å². The Bertz CT molecular complexity index is 269. The van der Waals surface area contributed by atoms with Crippen molar-refractivity contribution in [2.24, 2.45) is 0 Å². The Kier molecular flexibility index (Phi) is 28.8. The van der Waals surface area contributed by atoms with Crippen LogP contribution in [0.3, 0.4) is 0 Å². The van der Waals surface area contributed by atoms with E-state index >= 15 is 0 Å². The van der Waals surface area contributed by atoms with Crippen LogP contribution >= 0.6 is 7.82 Å². The van der Waals surface area contributed by atoms with Crippen LogP contribution in [0.1, 0.15) is 96.8 Å². The molecule has 0 spiro atoms. The van der Waals surface area contributed by atoms with Gasteiger partial charge in [0.2, 0.25) is 0 Å². The molecule has 139 valence electrons. The zero-order chi connectivity index (χ0) is 18.0. The molecule has 24 heavy (non-hydrogen) atoms. The third-order valence-electron chi connectivity index (χ3n) is 3.64. The van der Waals surface area contributed by atoms with E-state index in [0.29, 0.717) is 0 Å². The topological polar surface area (TPSA) is 98.0 Å². The molecule has 1 unspecified atom stereocenters. The molecule has 0 radical (unpaired) electrons. The van der Waals surface area contributed by atoms with Crippen LogP contribution in [-0.2, 0) is 22.9 Å². The van der Waals surface area contributed by atoms with E-state index in [2.05, 4.69) is 6.92 Å². The summed E-state index contributed by atoms with van der Waals surface area (Å²) in [5.74, 6) is 0. The Morgan fingerprint density at radius 3 is 1.25 bits per heavy atom. The van der Waals surface area contributed by atoms with Crippen LogP contribution in [0.2, 0.25) is 0 Å². The molecule has 0 aliphatic heterocycles. The van der Waals surface area contributed by atoms with Crippen LogP contribution in [0, 0.1) is 0 Å². The molecule has 0 bridgehead atoms. The summed E-state index contributed by atoms with van der Waals surface area (Å²) in [5, 5.41) is 9.19. The van der Waals surface area contributed by atoms with E-state index in [1.54, 1.807) is 0 Å². The fourth-order valence-electron chi connectivity index (χ4n) is 2.40. The number of phosphoric acid groups is 1. The van der Waals surface area contributed by atoms with E-state index in [1.807, 2.05) is 0 Å². The molecule has 0 aromatic heterocycles. The molecule has 0 amide bonds. The average molecular weight is 429 g/mol. The molecular weight excluding hydrogens is 392 g/mol. The fourth-order valence-corrected chi connectivity index (χ4v) is 3.00. The first-order valence-electron chi connectivity index (χ1n) is 9.06. The minimum atomic E-state index is -4.64. The van der Waals surface area contributed by atoms with E-state index < -0.39 is 7.82 Å². The third-order valence-corrected chi connectivity index (χ3v) is 4.50. The van der Waals surface area contributed by atoms with Gasteiger partial charge in [-0.1, -0.05) is 26.2 Å². The maximum atomic E-state index is 9.19. The van der Waals surface area contributed by atoms with Crippen LogP contribution in [-0.4, -0.2) is 54.0 Å². The molecule has 0 heterocycles. The summed E-state index contributed by atoms with van der Waals surface area (Å²) in [6.07, 6.45) is 19.3. The van der Waals surface area contributed by atoms with Crippen molar-refractivity contribution in [3.63, 3.8) is 0 Å². The van der Waals surface area contributed by atoms with Gasteiger partial charge in [-0.15, -0.1) is 0 Å². The van der Waals surface area contributed by atoms with E-state index in [4.69, 9.17) is 19.2 Å². The molecule has 0 aliphatic rings. The average Bonchev–Trinajstić information content (AvgIpc) is 2.42. The van der Waals surface area contributed by atoms with Crippen molar-refractivity contribution in [1.29, 1.82) is 0 Å². The number of rotatable bonds is 14. The van der Waals surface area contributed by atoms with Gasteiger partial charge < -0.3 is 14.7 Å². The standard InChI is InChI=1S/C16H33O.Na.H3O4P.Zn.H/c1-2-3-4-5-6-7-8-9-10-11-12-13-14-15-16-17;;1-5(2,3)4;;/h16-17H,2-15H2,1H3;;(H3,1,2,3,4);;. The number of hydrogen-bond acceptors (Lipinski definition) is 2. The zero-order valence-electron chi connectivity index (χ0n) is 14.8. The maximum absolute atomic E-state index is 9.19. The van der Waals surface area contributed by atoms with Crippen molar-refractivity contribution in [3.8, 4) is 0 Å². The van der Waals surface area contributed by atoms with Gasteiger partial charge in [-0.05, 0) is 0 Å². The summed E-state index contributed by atoms with van der Waals surface area (Å²) in [6.45, 7) is 2.28. The van der Waals surface area contributed by atoms with Gasteiger partial charge in [-0.3, -0.25) is 0 Å². The summed E-state index contributed by atoms with van der Waals surface area (Å²) in [5.41, 5.74) is 0. The molecule has 0 aliphatic carbocycles. The van der Waals surface area contributed by atoms with Gasteiger partial charge in [0.1, 0.15) is 0 Å². The SMILES string of the molecule is CCCCCCCCCCCCCCC[CH](O)[Zn].O=P(O)(O)O.[NaH]. The van der Waals surface area contributed by atoms with Crippen LogP contribution in [0.15, 0.2) is 0 Å². The second-order valence-corrected chi connectivity index (χ2v) is 9.20. The molecule has 0 saturated heterocycles. The molecule has 5 nitrogen and oxygen atoms in total. The second-order valence-electron chi connectivity index (χ2n) is 6.20. The van der Waals surface area contributed by atoms with Crippen LogP contribution in [0.5, 0.6) is 0 Å². The van der Waals surface area contributed by atoms with Gasteiger partial charge in [0, 0.05) is 0 Å². The Morgan fingerprint density at radius 1 is 0.750 bits per heavy atom. The van der Waals surface area contributed by atoms with Crippen molar-refractivity contribution in [2.75, 3.05) is 0 Å².